The molecule has 0 bridgehead atoms. The number of aliphatic hydroxyl groups excluding tert-OH is 1. The number of ether oxygens (including phenoxy) is 2. The Morgan fingerprint density at radius 2 is 1.94 bits per heavy atom. The van der Waals surface area contributed by atoms with Crippen LogP contribution in [-0.2, 0) is 22.5 Å². The smallest absolute Gasteiger partial charge is 0.246 e. The molecule has 244 valence electrons. The third-order valence-electron chi connectivity index (χ3n) is 9.41. The number of anilines is 2. The Labute approximate surface area is 275 Å². The number of carbonyl (C=O) groups excluding carboxylic acids is 1. The van der Waals surface area contributed by atoms with Crippen molar-refractivity contribution in [3.63, 3.8) is 0 Å². The summed E-state index contributed by atoms with van der Waals surface area (Å²) in [5, 5.41) is 33.4. The molecule has 4 heterocycles. The topological polar surface area (TPSA) is 129 Å². The predicted molar refractivity (Wildman–Crippen MR) is 179 cm³/mol. The van der Waals surface area contributed by atoms with E-state index in [2.05, 4.69) is 76.7 Å². The molecule has 3 aliphatic heterocycles. The zero-order valence-corrected chi connectivity index (χ0v) is 26.9. The van der Waals surface area contributed by atoms with Crippen molar-refractivity contribution in [2.75, 3.05) is 75.4 Å². The molecule has 1 unspecified atom stereocenters. The van der Waals surface area contributed by atoms with E-state index in [1.54, 1.807) is 4.90 Å². The van der Waals surface area contributed by atoms with Crippen molar-refractivity contribution in [3.8, 4) is 18.0 Å². The highest BCUT2D eigenvalue weighted by Crippen LogP contribution is 2.40. The number of nitriles is 2. The minimum Gasteiger partial charge on any atom is -0.474 e. The van der Waals surface area contributed by atoms with Crippen LogP contribution >= 0.6 is 0 Å². The molecule has 6 rings (SSSR count). The van der Waals surface area contributed by atoms with E-state index in [-0.39, 0.29) is 30.9 Å². The number of benzene rings is 2. The van der Waals surface area contributed by atoms with Crippen LogP contribution in [0.4, 0.5) is 11.4 Å². The van der Waals surface area contributed by atoms with Crippen LogP contribution in [0.3, 0.4) is 0 Å². The van der Waals surface area contributed by atoms with Crippen LogP contribution in [0.2, 0.25) is 0 Å². The number of carbonyl (C=O) groups is 1. The number of piperazine rings is 1. The Morgan fingerprint density at radius 1 is 1.15 bits per heavy atom. The third-order valence-corrected chi connectivity index (χ3v) is 9.41. The number of β-amino-alcohol motifs (C(OH)–C–C–N with tert-alkyl or cyclic N) is 1. The van der Waals surface area contributed by atoms with Crippen molar-refractivity contribution >= 4 is 28.1 Å². The van der Waals surface area contributed by atoms with Gasteiger partial charge in [-0.25, -0.2) is 4.98 Å². The third kappa shape index (κ3) is 6.75. The van der Waals surface area contributed by atoms with Gasteiger partial charge in [0.2, 0.25) is 11.8 Å². The molecule has 3 aliphatic rings. The summed E-state index contributed by atoms with van der Waals surface area (Å²) in [7, 11) is 0. The molecule has 0 spiro atoms. The average molecular weight is 636 g/mol. The summed E-state index contributed by atoms with van der Waals surface area (Å²) in [6.45, 7) is 11.5. The molecule has 2 fully saturated rings. The van der Waals surface area contributed by atoms with Gasteiger partial charge in [0.25, 0.3) is 0 Å². The number of fused-ring (bicyclic) bond motifs is 2. The van der Waals surface area contributed by atoms with Crippen LogP contribution < -0.4 is 14.5 Å². The normalized spacial score (nSPS) is 19.1. The first-order chi connectivity index (χ1) is 22.9. The van der Waals surface area contributed by atoms with Crippen LogP contribution in [-0.4, -0.2) is 104 Å². The molecule has 1 N–H and O–H groups in total. The molecule has 3 aromatic rings. The number of nitrogens with zero attached hydrogens (tertiary/aromatic N) is 7. The molecular formula is C36H41N7O4. The molecule has 0 aliphatic carbocycles. The molecule has 0 saturated carbocycles. The van der Waals surface area contributed by atoms with Gasteiger partial charge < -0.3 is 29.3 Å². The van der Waals surface area contributed by atoms with E-state index in [1.165, 1.54) is 22.4 Å². The Balaban J connectivity index is 1.36. The predicted octanol–water partition coefficient (Wildman–Crippen LogP) is 3.17. The number of aryl methyl sites for hydroxylation is 1. The Hall–Kier alpha value is -4.68. The number of rotatable bonds is 9. The van der Waals surface area contributed by atoms with Gasteiger partial charge in [-0.15, -0.1) is 0 Å². The maximum Gasteiger partial charge on any atom is 0.246 e. The number of hydrogen-bond donors (Lipinski definition) is 1. The lowest BCUT2D eigenvalue weighted by Gasteiger charge is -2.43. The Kier molecular flexibility index (Phi) is 9.88. The first-order valence-electron chi connectivity index (χ1n) is 16.3. The largest absolute Gasteiger partial charge is 0.474 e. The fraction of sp³-hybridized carbons (Fsp3) is 0.444. The zero-order valence-electron chi connectivity index (χ0n) is 26.9. The van der Waals surface area contributed by atoms with Gasteiger partial charge in [-0.05, 0) is 36.4 Å². The summed E-state index contributed by atoms with van der Waals surface area (Å²) < 4.78 is 11.6. The zero-order chi connectivity index (χ0) is 32.9. The summed E-state index contributed by atoms with van der Waals surface area (Å²) in [4.78, 5) is 25.9. The number of hydrogen-bond acceptors (Lipinski definition) is 10. The van der Waals surface area contributed by atoms with E-state index in [0.29, 0.717) is 57.9 Å². The lowest BCUT2D eigenvalue weighted by atomic mass is 9.95. The van der Waals surface area contributed by atoms with Crippen molar-refractivity contribution < 1.29 is 19.4 Å². The van der Waals surface area contributed by atoms with Gasteiger partial charge in [0, 0.05) is 62.5 Å². The van der Waals surface area contributed by atoms with E-state index in [1.807, 2.05) is 0 Å². The number of pyridine rings is 1. The Morgan fingerprint density at radius 3 is 2.68 bits per heavy atom. The summed E-state index contributed by atoms with van der Waals surface area (Å²) in [6.07, 6.45) is 1.33. The molecule has 2 aromatic carbocycles. The van der Waals surface area contributed by atoms with Crippen molar-refractivity contribution in [1.29, 1.82) is 10.5 Å². The van der Waals surface area contributed by atoms with Gasteiger partial charge in [-0.3, -0.25) is 9.69 Å². The highest BCUT2D eigenvalue weighted by atomic mass is 16.5. The second-order valence-electron chi connectivity index (χ2n) is 12.4. The second kappa shape index (κ2) is 14.4. The van der Waals surface area contributed by atoms with E-state index in [0.717, 1.165) is 42.3 Å². The average Bonchev–Trinajstić information content (AvgIpc) is 3.10. The molecule has 1 amide bonds. The maximum absolute atomic E-state index is 12.6. The summed E-state index contributed by atoms with van der Waals surface area (Å²) in [5.41, 5.74) is 5.19. The van der Waals surface area contributed by atoms with Gasteiger partial charge in [0.05, 0.1) is 49.7 Å². The molecule has 2 saturated heterocycles. The van der Waals surface area contributed by atoms with E-state index < -0.39 is 6.10 Å². The van der Waals surface area contributed by atoms with Crippen LogP contribution in [0, 0.1) is 29.6 Å². The highest BCUT2D eigenvalue weighted by Gasteiger charge is 2.35. The lowest BCUT2D eigenvalue weighted by Crippen LogP contribution is -2.55. The van der Waals surface area contributed by atoms with Crippen LogP contribution in [0.5, 0.6) is 5.88 Å². The van der Waals surface area contributed by atoms with Crippen molar-refractivity contribution in [1.82, 2.24) is 14.8 Å². The highest BCUT2D eigenvalue weighted by molar-refractivity contribution is 5.97. The Bertz CT molecular complexity index is 1720. The van der Waals surface area contributed by atoms with Crippen molar-refractivity contribution in [3.05, 3.63) is 71.4 Å². The standard InChI is InChI=1S/C36H41N7O4/c1-3-33(45)43-15-14-42(21-27(43)10-12-37)35-29-11-13-41(32-9-5-8-26-7-4-6-25(2)34(26)32)23-31(29)39-36(30(35)20-38)47-24-28(44)22-40-16-18-46-19-17-40/h3-9,27-28,44H,1,10-11,13-19,21-24H2,2H3/t27-,28?/m0/s1. The first-order valence-corrected chi connectivity index (χ1v) is 16.3. The van der Waals surface area contributed by atoms with Crippen LogP contribution in [0.25, 0.3) is 10.8 Å². The first kappa shape index (κ1) is 32.3. The van der Waals surface area contributed by atoms with Gasteiger partial charge in [-0.2, -0.15) is 10.5 Å². The summed E-state index contributed by atoms with van der Waals surface area (Å²) >= 11 is 0. The molecular weight excluding hydrogens is 594 g/mol. The van der Waals surface area contributed by atoms with Gasteiger partial charge in [0.15, 0.2) is 0 Å². The van der Waals surface area contributed by atoms with E-state index >= 15 is 0 Å². The van der Waals surface area contributed by atoms with Gasteiger partial charge >= 0.3 is 0 Å². The quantitative estimate of drug-likeness (QED) is 0.350. The fourth-order valence-corrected chi connectivity index (χ4v) is 7.12. The molecule has 0 radical (unpaired) electrons. The van der Waals surface area contributed by atoms with Crippen LogP contribution in [0.15, 0.2) is 49.1 Å². The van der Waals surface area contributed by atoms with Gasteiger partial charge in [0.1, 0.15) is 24.3 Å². The fourth-order valence-electron chi connectivity index (χ4n) is 7.12. The molecule has 2 atom stereocenters. The molecule has 11 heteroatoms. The monoisotopic (exact) mass is 635 g/mol. The van der Waals surface area contributed by atoms with Gasteiger partial charge in [-0.1, -0.05) is 36.9 Å². The number of aromatic nitrogens is 1. The molecule has 11 nitrogen and oxygen atoms in total. The second-order valence-corrected chi connectivity index (χ2v) is 12.4. The minimum atomic E-state index is -0.774. The van der Waals surface area contributed by atoms with Crippen molar-refractivity contribution in [2.45, 2.75) is 38.5 Å². The lowest BCUT2D eigenvalue weighted by molar-refractivity contribution is -0.128. The summed E-state index contributed by atoms with van der Waals surface area (Å²) in [5.74, 6) is -0.0128. The number of amides is 1. The molecule has 47 heavy (non-hydrogen) atoms. The maximum atomic E-state index is 12.6. The number of aliphatic hydroxyl groups is 1. The van der Waals surface area contributed by atoms with E-state index in [4.69, 9.17) is 14.5 Å². The SMILES string of the molecule is C=CC(=O)N1CCN(c2c(C#N)c(OCC(O)CN3CCOCC3)nc3c2CCN(c2cccc4cccc(C)c24)C3)C[C@@H]1CC#N. The minimum absolute atomic E-state index is 0.0117. The van der Waals surface area contributed by atoms with E-state index in [9.17, 15) is 20.4 Å². The van der Waals surface area contributed by atoms with Crippen LogP contribution in [0.1, 0.15) is 28.8 Å². The molecule has 1 aromatic heterocycles. The number of morpholine rings is 1. The summed E-state index contributed by atoms with van der Waals surface area (Å²) in [6, 6.07) is 16.9. The van der Waals surface area contributed by atoms with Crippen molar-refractivity contribution in [2.24, 2.45) is 0 Å².